The van der Waals surface area contributed by atoms with Gasteiger partial charge in [-0.3, -0.25) is 19.4 Å². The summed E-state index contributed by atoms with van der Waals surface area (Å²) in [4.78, 5) is 57.4. The lowest BCUT2D eigenvalue weighted by atomic mass is 9.96. The van der Waals surface area contributed by atoms with Crippen molar-refractivity contribution in [2.75, 3.05) is 13.1 Å². The predicted molar refractivity (Wildman–Crippen MR) is 145 cm³/mol. The summed E-state index contributed by atoms with van der Waals surface area (Å²) in [5.74, 6) is -2.88. The molecule has 3 amide bonds. The minimum absolute atomic E-state index is 0.0454. The number of carboxylic acids is 1. The van der Waals surface area contributed by atoms with Gasteiger partial charge in [0.1, 0.15) is 18.1 Å². The number of aliphatic carboxylic acids is 1. The van der Waals surface area contributed by atoms with Crippen LogP contribution in [0.25, 0.3) is 0 Å². The summed E-state index contributed by atoms with van der Waals surface area (Å²) in [7, 11) is 0. The number of carboxylic acid groups (broad SMARTS) is 1. The van der Waals surface area contributed by atoms with Crippen molar-refractivity contribution < 1.29 is 24.3 Å². The molecule has 0 unspecified atom stereocenters. The SMILES string of the molecule is C/C=C1/CN(C(=O)[C@H](CCCN=C(N)N)NC(=O)c2ccccc2)[C@H](C(=O)N[C@@H](CC(C)C)C(=O)O)[C@@H]1C. The quantitative estimate of drug-likeness (QED) is 0.117. The summed E-state index contributed by atoms with van der Waals surface area (Å²) in [6.45, 7) is 7.87. The lowest BCUT2D eigenvalue weighted by Gasteiger charge is -2.30. The maximum absolute atomic E-state index is 13.9. The largest absolute Gasteiger partial charge is 0.480 e. The lowest BCUT2D eigenvalue weighted by molar-refractivity contribution is -0.145. The van der Waals surface area contributed by atoms with Crippen molar-refractivity contribution in [1.29, 1.82) is 0 Å². The van der Waals surface area contributed by atoms with E-state index in [0.717, 1.165) is 5.57 Å². The number of nitrogens with two attached hydrogens (primary N) is 2. The number of hydrogen-bond acceptors (Lipinski definition) is 5. The van der Waals surface area contributed by atoms with Gasteiger partial charge in [0.15, 0.2) is 5.96 Å². The Labute approximate surface area is 223 Å². The molecule has 7 N–H and O–H groups in total. The molecule has 2 rings (SSSR count). The van der Waals surface area contributed by atoms with Crippen LogP contribution in [0.3, 0.4) is 0 Å². The van der Waals surface area contributed by atoms with Crippen LogP contribution in [0.15, 0.2) is 47.0 Å². The Kier molecular flexibility index (Phi) is 11.3. The van der Waals surface area contributed by atoms with Crippen LogP contribution in [-0.2, 0) is 14.4 Å². The Hall–Kier alpha value is -3.89. The number of nitrogens with one attached hydrogen (secondary N) is 2. The molecular formula is C27H40N6O5. The molecule has 1 aliphatic rings. The first-order valence-electron chi connectivity index (χ1n) is 12.9. The molecule has 11 nitrogen and oxygen atoms in total. The van der Waals surface area contributed by atoms with Crippen molar-refractivity contribution >= 4 is 29.7 Å². The summed E-state index contributed by atoms with van der Waals surface area (Å²) in [5, 5.41) is 15.1. The van der Waals surface area contributed by atoms with Gasteiger partial charge in [-0.1, -0.05) is 45.0 Å². The van der Waals surface area contributed by atoms with E-state index >= 15 is 0 Å². The normalized spacial score (nSPS) is 19.6. The summed E-state index contributed by atoms with van der Waals surface area (Å²) in [6, 6.07) is 5.58. The van der Waals surface area contributed by atoms with Crippen LogP contribution in [0.4, 0.5) is 0 Å². The topological polar surface area (TPSA) is 180 Å². The van der Waals surface area contributed by atoms with E-state index in [-0.39, 0.29) is 43.7 Å². The molecule has 11 heteroatoms. The van der Waals surface area contributed by atoms with Crippen molar-refractivity contribution in [2.24, 2.45) is 28.3 Å². The van der Waals surface area contributed by atoms with Crippen molar-refractivity contribution in [3.8, 4) is 0 Å². The highest BCUT2D eigenvalue weighted by molar-refractivity contribution is 5.99. The third-order valence-electron chi connectivity index (χ3n) is 6.58. The van der Waals surface area contributed by atoms with Gasteiger partial charge in [0.25, 0.3) is 5.91 Å². The van der Waals surface area contributed by atoms with Crippen LogP contribution in [0.1, 0.15) is 57.3 Å². The fourth-order valence-electron chi connectivity index (χ4n) is 4.59. The maximum atomic E-state index is 13.9. The first-order valence-corrected chi connectivity index (χ1v) is 12.9. The molecule has 1 fully saturated rings. The van der Waals surface area contributed by atoms with E-state index in [1.165, 1.54) is 4.90 Å². The number of allylic oxidation sites excluding steroid dienone is 1. The van der Waals surface area contributed by atoms with Gasteiger partial charge in [-0.15, -0.1) is 0 Å². The predicted octanol–water partition coefficient (Wildman–Crippen LogP) is 1.25. The second kappa shape index (κ2) is 14.2. The number of nitrogens with zero attached hydrogens (tertiary/aromatic N) is 2. The summed E-state index contributed by atoms with van der Waals surface area (Å²) >= 11 is 0. The van der Waals surface area contributed by atoms with Crippen LogP contribution >= 0.6 is 0 Å². The van der Waals surface area contributed by atoms with Gasteiger partial charge < -0.3 is 32.1 Å². The van der Waals surface area contributed by atoms with Crippen molar-refractivity contribution in [2.45, 2.75) is 65.1 Å². The average molecular weight is 529 g/mol. The van der Waals surface area contributed by atoms with Crippen LogP contribution < -0.4 is 22.1 Å². The first-order chi connectivity index (χ1) is 18.0. The number of benzene rings is 1. The molecule has 1 heterocycles. The van der Waals surface area contributed by atoms with E-state index in [1.807, 2.05) is 33.8 Å². The van der Waals surface area contributed by atoms with Crippen molar-refractivity contribution in [1.82, 2.24) is 15.5 Å². The zero-order valence-electron chi connectivity index (χ0n) is 22.5. The molecule has 0 bridgehead atoms. The van der Waals surface area contributed by atoms with Crippen LogP contribution in [0.2, 0.25) is 0 Å². The molecule has 1 aromatic rings. The number of guanidine groups is 1. The number of hydrogen-bond donors (Lipinski definition) is 5. The van der Waals surface area contributed by atoms with E-state index in [2.05, 4.69) is 15.6 Å². The Bertz CT molecular complexity index is 1050. The van der Waals surface area contributed by atoms with E-state index in [0.29, 0.717) is 12.0 Å². The molecule has 0 saturated carbocycles. The third-order valence-corrected chi connectivity index (χ3v) is 6.58. The summed E-state index contributed by atoms with van der Waals surface area (Å²) < 4.78 is 0. The van der Waals surface area contributed by atoms with Gasteiger partial charge in [-0.25, -0.2) is 4.79 Å². The molecule has 4 atom stereocenters. The minimum Gasteiger partial charge on any atom is -0.480 e. The second-order valence-electron chi connectivity index (χ2n) is 9.93. The van der Waals surface area contributed by atoms with Crippen molar-refractivity contribution in [3.63, 3.8) is 0 Å². The van der Waals surface area contributed by atoms with Gasteiger partial charge in [0.2, 0.25) is 11.8 Å². The zero-order valence-corrected chi connectivity index (χ0v) is 22.5. The zero-order chi connectivity index (χ0) is 28.4. The van der Waals surface area contributed by atoms with Gasteiger partial charge >= 0.3 is 5.97 Å². The number of aliphatic imine (C=N–C) groups is 1. The summed E-state index contributed by atoms with van der Waals surface area (Å²) in [6.07, 6.45) is 2.77. The number of carbonyl (C=O) groups is 4. The van der Waals surface area contributed by atoms with E-state index in [4.69, 9.17) is 11.5 Å². The lowest BCUT2D eigenvalue weighted by Crippen LogP contribution is -2.56. The highest BCUT2D eigenvalue weighted by Gasteiger charge is 2.44. The Balaban J connectivity index is 2.33. The minimum atomic E-state index is -1.13. The standard InChI is InChI=1S/C27H40N6O5/c1-5-18-15-33(22(17(18)4)24(35)32-21(26(37)38)14-16(2)3)25(36)20(12-9-13-30-27(28)29)31-23(34)19-10-7-6-8-11-19/h5-8,10-11,16-17,20-22H,9,12-15H2,1-4H3,(H,31,34)(H,32,35)(H,37,38)(H4,28,29,30)/b18-5-/t17-,20+,21+,22+/m1/s1. The smallest absolute Gasteiger partial charge is 0.326 e. The number of carbonyl (C=O) groups excluding carboxylic acids is 3. The molecule has 1 saturated heterocycles. The highest BCUT2D eigenvalue weighted by Crippen LogP contribution is 2.30. The fourth-order valence-corrected chi connectivity index (χ4v) is 4.59. The first kappa shape index (κ1) is 30.3. The van der Waals surface area contributed by atoms with Gasteiger partial charge in [0, 0.05) is 24.6 Å². The van der Waals surface area contributed by atoms with Gasteiger partial charge in [-0.2, -0.15) is 0 Å². The number of amides is 3. The maximum Gasteiger partial charge on any atom is 0.326 e. The van der Waals surface area contributed by atoms with E-state index in [9.17, 15) is 24.3 Å². The molecule has 0 radical (unpaired) electrons. The molecule has 208 valence electrons. The third kappa shape index (κ3) is 8.32. The molecule has 0 spiro atoms. The number of rotatable bonds is 12. The van der Waals surface area contributed by atoms with Crippen LogP contribution in [-0.4, -0.2) is 70.9 Å². The Morgan fingerprint density at radius 2 is 1.79 bits per heavy atom. The van der Waals surface area contributed by atoms with E-state index < -0.39 is 41.8 Å². The number of likely N-dealkylation sites (tertiary alicyclic amines) is 1. The molecule has 1 aromatic carbocycles. The Morgan fingerprint density at radius 1 is 1.13 bits per heavy atom. The van der Waals surface area contributed by atoms with Gasteiger partial charge in [-0.05, 0) is 49.8 Å². The van der Waals surface area contributed by atoms with Crippen LogP contribution in [0, 0.1) is 11.8 Å². The van der Waals surface area contributed by atoms with Crippen LogP contribution in [0.5, 0.6) is 0 Å². The highest BCUT2D eigenvalue weighted by atomic mass is 16.4. The van der Waals surface area contributed by atoms with Crippen molar-refractivity contribution in [3.05, 3.63) is 47.5 Å². The Morgan fingerprint density at radius 3 is 2.34 bits per heavy atom. The summed E-state index contributed by atoms with van der Waals surface area (Å²) in [5.41, 5.74) is 12.1. The molecular weight excluding hydrogens is 488 g/mol. The van der Waals surface area contributed by atoms with Gasteiger partial charge in [0.05, 0.1) is 0 Å². The second-order valence-corrected chi connectivity index (χ2v) is 9.93. The van der Waals surface area contributed by atoms with E-state index in [1.54, 1.807) is 30.3 Å². The molecule has 38 heavy (non-hydrogen) atoms. The molecule has 0 aliphatic carbocycles. The monoisotopic (exact) mass is 528 g/mol. The fraction of sp³-hybridized carbons (Fsp3) is 0.519. The average Bonchev–Trinajstić information content (AvgIpc) is 3.21. The molecule has 1 aliphatic heterocycles. The molecule has 0 aromatic heterocycles.